The summed E-state index contributed by atoms with van der Waals surface area (Å²) in [5.74, 6) is 0.968. The molecule has 2 heterocycles. The summed E-state index contributed by atoms with van der Waals surface area (Å²) in [5, 5.41) is 4.65. The number of nitrogens with zero attached hydrogens (tertiary/aromatic N) is 3. The molecule has 29 heavy (non-hydrogen) atoms. The van der Waals surface area contributed by atoms with Crippen LogP contribution in [0.4, 0.5) is 0 Å². The van der Waals surface area contributed by atoms with Crippen LogP contribution in [-0.2, 0) is 17.8 Å². The van der Waals surface area contributed by atoms with E-state index in [1.165, 1.54) is 11.3 Å². The number of hydrogen-bond acceptors (Lipinski definition) is 3. The van der Waals surface area contributed by atoms with Gasteiger partial charge in [0.2, 0.25) is 5.91 Å². The van der Waals surface area contributed by atoms with Gasteiger partial charge in [0.1, 0.15) is 0 Å². The number of carbonyl (C=O) groups is 2. The number of carbonyl (C=O) groups excluding carboxylic acids is 2. The van der Waals surface area contributed by atoms with E-state index in [0.29, 0.717) is 25.4 Å². The highest BCUT2D eigenvalue weighted by atomic mass is 16.2. The maximum absolute atomic E-state index is 12.7. The van der Waals surface area contributed by atoms with Gasteiger partial charge in [0.15, 0.2) is 5.78 Å². The van der Waals surface area contributed by atoms with Gasteiger partial charge >= 0.3 is 0 Å². The fourth-order valence-electron chi connectivity index (χ4n) is 4.24. The van der Waals surface area contributed by atoms with Crippen LogP contribution in [0, 0.1) is 25.7 Å². The van der Waals surface area contributed by atoms with Gasteiger partial charge in [-0.2, -0.15) is 5.10 Å². The number of ketones is 1. The van der Waals surface area contributed by atoms with Gasteiger partial charge in [0.25, 0.3) is 0 Å². The first-order valence-corrected chi connectivity index (χ1v) is 10.8. The van der Waals surface area contributed by atoms with Gasteiger partial charge in [-0.3, -0.25) is 14.3 Å². The Balaban J connectivity index is 1.52. The molecular formula is C24H33N3O2. The Bertz CT molecular complexity index is 847. The van der Waals surface area contributed by atoms with E-state index in [4.69, 9.17) is 0 Å². The molecule has 0 bridgehead atoms. The second-order valence-corrected chi connectivity index (χ2v) is 8.61. The third kappa shape index (κ3) is 5.14. The third-order valence-electron chi connectivity index (χ3n) is 5.94. The van der Waals surface area contributed by atoms with Gasteiger partial charge in [0.05, 0.1) is 5.69 Å². The van der Waals surface area contributed by atoms with Crippen LogP contribution in [0.3, 0.4) is 0 Å². The molecule has 0 saturated carbocycles. The molecule has 0 spiro atoms. The van der Waals surface area contributed by atoms with E-state index in [9.17, 15) is 9.59 Å². The molecule has 1 saturated heterocycles. The highest BCUT2D eigenvalue weighted by Crippen LogP contribution is 2.23. The van der Waals surface area contributed by atoms with Gasteiger partial charge < -0.3 is 4.90 Å². The number of piperidine rings is 1. The maximum Gasteiger partial charge on any atom is 0.222 e. The highest BCUT2D eigenvalue weighted by Gasteiger charge is 2.28. The molecule has 0 atom stereocenters. The Kier molecular flexibility index (Phi) is 6.88. The van der Waals surface area contributed by atoms with Crippen molar-refractivity contribution in [3.63, 3.8) is 0 Å². The molecule has 0 N–H and O–H groups in total. The number of amides is 1. The number of likely N-dealkylation sites (tertiary alicyclic amines) is 1. The largest absolute Gasteiger partial charge is 0.343 e. The SMILES string of the molecule is Cc1nn(CC(C)C)c(C)c1CCC(=O)N1CCC(C(=O)c2ccccc2)CC1. The minimum Gasteiger partial charge on any atom is -0.343 e. The molecule has 1 aromatic carbocycles. The van der Waals surface area contributed by atoms with Gasteiger partial charge in [-0.1, -0.05) is 44.2 Å². The first-order chi connectivity index (χ1) is 13.9. The van der Waals surface area contributed by atoms with Gasteiger partial charge in [-0.15, -0.1) is 0 Å². The van der Waals surface area contributed by atoms with E-state index in [1.54, 1.807) is 0 Å². The Labute approximate surface area is 174 Å². The maximum atomic E-state index is 12.7. The molecule has 1 aliphatic heterocycles. The van der Waals surface area contributed by atoms with Crippen molar-refractivity contribution >= 4 is 11.7 Å². The van der Waals surface area contributed by atoms with Crippen LogP contribution in [0.15, 0.2) is 30.3 Å². The molecule has 1 aliphatic rings. The van der Waals surface area contributed by atoms with Crippen molar-refractivity contribution in [2.45, 2.75) is 59.9 Å². The van der Waals surface area contributed by atoms with Crippen molar-refractivity contribution < 1.29 is 9.59 Å². The molecule has 0 unspecified atom stereocenters. The van der Waals surface area contributed by atoms with Gasteiger partial charge in [0, 0.05) is 43.2 Å². The number of aromatic nitrogens is 2. The topological polar surface area (TPSA) is 55.2 Å². The predicted octanol–water partition coefficient (Wildman–Crippen LogP) is 4.21. The van der Waals surface area contributed by atoms with Gasteiger partial charge in [-0.05, 0) is 44.6 Å². The standard InChI is InChI=1S/C24H33N3O2/c1-17(2)16-27-19(4)22(18(3)25-27)10-11-23(28)26-14-12-21(13-15-26)24(29)20-8-6-5-7-9-20/h5-9,17,21H,10-16H2,1-4H3. The number of rotatable bonds is 7. The second-order valence-electron chi connectivity index (χ2n) is 8.61. The zero-order valence-electron chi connectivity index (χ0n) is 18.1. The number of aryl methyl sites for hydroxylation is 1. The molecule has 0 radical (unpaired) electrons. The van der Waals surface area contributed by atoms with Crippen molar-refractivity contribution in [2.24, 2.45) is 11.8 Å². The lowest BCUT2D eigenvalue weighted by Gasteiger charge is -2.31. The molecule has 2 aromatic rings. The number of Topliss-reactive ketones (excluding diaryl/α,β-unsaturated/α-hetero) is 1. The summed E-state index contributed by atoms with van der Waals surface area (Å²) in [6.07, 6.45) is 2.75. The highest BCUT2D eigenvalue weighted by molar-refractivity contribution is 5.98. The minimum absolute atomic E-state index is 0.0280. The lowest BCUT2D eigenvalue weighted by atomic mass is 9.88. The van der Waals surface area contributed by atoms with Gasteiger partial charge in [-0.25, -0.2) is 0 Å². The lowest BCUT2D eigenvalue weighted by molar-refractivity contribution is -0.132. The van der Waals surface area contributed by atoms with E-state index < -0.39 is 0 Å². The number of benzene rings is 1. The van der Waals surface area contributed by atoms with Crippen LogP contribution < -0.4 is 0 Å². The molecule has 3 rings (SSSR count). The van der Waals surface area contributed by atoms with E-state index in [1.807, 2.05) is 42.2 Å². The van der Waals surface area contributed by atoms with Crippen LogP contribution in [0.25, 0.3) is 0 Å². The van der Waals surface area contributed by atoms with Crippen molar-refractivity contribution in [1.82, 2.24) is 14.7 Å². The zero-order chi connectivity index (χ0) is 21.0. The fourth-order valence-corrected chi connectivity index (χ4v) is 4.24. The first-order valence-electron chi connectivity index (χ1n) is 10.8. The first kappa shape index (κ1) is 21.3. The quantitative estimate of drug-likeness (QED) is 0.660. The Morgan fingerprint density at radius 1 is 1.10 bits per heavy atom. The second kappa shape index (κ2) is 9.38. The summed E-state index contributed by atoms with van der Waals surface area (Å²) in [4.78, 5) is 27.3. The average Bonchev–Trinajstić information content (AvgIpc) is 2.98. The summed E-state index contributed by atoms with van der Waals surface area (Å²) in [7, 11) is 0. The molecule has 0 aliphatic carbocycles. The van der Waals surface area contributed by atoms with E-state index in [0.717, 1.165) is 37.1 Å². The van der Waals surface area contributed by atoms with Crippen molar-refractivity contribution in [3.05, 3.63) is 52.8 Å². The van der Waals surface area contributed by atoms with Crippen molar-refractivity contribution in [3.8, 4) is 0 Å². The molecule has 156 valence electrons. The summed E-state index contributed by atoms with van der Waals surface area (Å²) < 4.78 is 2.07. The van der Waals surface area contributed by atoms with Crippen LogP contribution in [-0.4, -0.2) is 39.5 Å². The van der Waals surface area contributed by atoms with Crippen molar-refractivity contribution in [1.29, 1.82) is 0 Å². The Hall–Kier alpha value is -2.43. The summed E-state index contributed by atoms with van der Waals surface area (Å²) in [5.41, 5.74) is 4.19. The van der Waals surface area contributed by atoms with Crippen LogP contribution in [0.1, 0.15) is 60.4 Å². The average molecular weight is 396 g/mol. The fraction of sp³-hybridized carbons (Fsp3) is 0.542. The zero-order valence-corrected chi connectivity index (χ0v) is 18.1. The minimum atomic E-state index is 0.0280. The van der Waals surface area contributed by atoms with Crippen LogP contribution in [0.5, 0.6) is 0 Å². The molecule has 5 heteroatoms. The molecular weight excluding hydrogens is 362 g/mol. The molecule has 5 nitrogen and oxygen atoms in total. The van der Waals surface area contributed by atoms with Crippen molar-refractivity contribution in [2.75, 3.05) is 13.1 Å². The normalized spacial score (nSPS) is 15.1. The van der Waals surface area contributed by atoms with Crippen LogP contribution in [0.2, 0.25) is 0 Å². The van der Waals surface area contributed by atoms with E-state index >= 15 is 0 Å². The monoisotopic (exact) mass is 395 g/mol. The smallest absolute Gasteiger partial charge is 0.222 e. The predicted molar refractivity (Wildman–Crippen MR) is 115 cm³/mol. The van der Waals surface area contributed by atoms with E-state index in [2.05, 4.69) is 30.6 Å². The summed E-state index contributed by atoms with van der Waals surface area (Å²) >= 11 is 0. The Morgan fingerprint density at radius 3 is 2.38 bits per heavy atom. The van der Waals surface area contributed by atoms with Crippen LogP contribution >= 0.6 is 0 Å². The molecule has 1 aromatic heterocycles. The third-order valence-corrected chi connectivity index (χ3v) is 5.94. The molecule has 1 fully saturated rings. The Morgan fingerprint density at radius 2 is 1.76 bits per heavy atom. The summed E-state index contributed by atoms with van der Waals surface area (Å²) in [6.45, 7) is 10.8. The van der Waals surface area contributed by atoms with E-state index in [-0.39, 0.29) is 17.6 Å². The number of hydrogen-bond donors (Lipinski definition) is 0. The molecule has 1 amide bonds. The lowest BCUT2D eigenvalue weighted by Crippen LogP contribution is -2.40. The summed E-state index contributed by atoms with van der Waals surface area (Å²) in [6, 6.07) is 9.49.